The summed E-state index contributed by atoms with van der Waals surface area (Å²) in [4.78, 5) is 11.2. The minimum atomic E-state index is -3.51. The van der Waals surface area contributed by atoms with Crippen molar-refractivity contribution in [1.29, 1.82) is 0 Å². The van der Waals surface area contributed by atoms with Gasteiger partial charge in [-0.15, -0.1) is 0 Å². The predicted octanol–water partition coefficient (Wildman–Crippen LogP) is -0.0763. The van der Waals surface area contributed by atoms with E-state index in [4.69, 9.17) is 5.73 Å². The van der Waals surface area contributed by atoms with E-state index in [0.717, 1.165) is 0 Å². The maximum Gasteiger partial charge on any atom is 0.306 e. The molecule has 0 spiro atoms. The van der Waals surface area contributed by atoms with E-state index in [1.807, 2.05) is 0 Å². The highest BCUT2D eigenvalue weighted by atomic mass is 32.2. The first-order chi connectivity index (χ1) is 7.76. The fourth-order valence-electron chi connectivity index (χ4n) is 1.16. The molecule has 0 amide bonds. The lowest BCUT2D eigenvalue weighted by molar-refractivity contribution is -0.142. The minimum absolute atomic E-state index is 0.164. The number of nitrogens with two attached hydrogens (primary N) is 1. The summed E-state index contributed by atoms with van der Waals surface area (Å²) in [6, 6.07) is -0.375. The number of thiocarbonyl (C=S) groups is 1. The lowest BCUT2D eigenvalue weighted by Crippen LogP contribution is -2.37. The summed E-state index contributed by atoms with van der Waals surface area (Å²) >= 11 is 4.67. The second-order valence-electron chi connectivity index (χ2n) is 3.56. The third kappa shape index (κ3) is 9.02. The Hall–Kier alpha value is -0.730. The van der Waals surface area contributed by atoms with Crippen LogP contribution in [0.2, 0.25) is 0 Å². The molecule has 8 heteroatoms. The van der Waals surface area contributed by atoms with Gasteiger partial charge in [0.2, 0.25) is 10.0 Å². The fraction of sp³-hybridized carbons (Fsp3) is 0.778. The number of hydrogen-bond donors (Lipinski definition) is 2. The van der Waals surface area contributed by atoms with E-state index in [1.165, 1.54) is 0 Å². The molecular weight excluding hydrogens is 264 g/mol. The van der Waals surface area contributed by atoms with Gasteiger partial charge in [-0.05, 0) is 13.8 Å². The van der Waals surface area contributed by atoms with Gasteiger partial charge < -0.3 is 10.5 Å². The molecule has 1 atom stereocenters. The maximum absolute atomic E-state index is 11.5. The molecule has 0 bridgehead atoms. The predicted molar refractivity (Wildman–Crippen MR) is 69.0 cm³/mol. The molecule has 0 fully saturated rings. The zero-order chi connectivity index (χ0) is 13.5. The normalized spacial score (nSPS) is 13.1. The van der Waals surface area contributed by atoms with E-state index in [2.05, 4.69) is 21.7 Å². The highest BCUT2D eigenvalue weighted by Crippen LogP contribution is 1.98. The van der Waals surface area contributed by atoms with Gasteiger partial charge in [0.1, 0.15) is 0 Å². The summed E-state index contributed by atoms with van der Waals surface area (Å²) < 4.78 is 30.1. The molecule has 3 N–H and O–H groups in total. The molecule has 17 heavy (non-hydrogen) atoms. The highest BCUT2D eigenvalue weighted by Gasteiger charge is 2.17. The second-order valence-corrected chi connectivity index (χ2v) is 5.96. The van der Waals surface area contributed by atoms with E-state index in [9.17, 15) is 13.2 Å². The van der Waals surface area contributed by atoms with Crippen LogP contribution < -0.4 is 10.5 Å². The second kappa shape index (κ2) is 7.57. The first-order valence-corrected chi connectivity index (χ1v) is 7.26. The molecule has 0 aliphatic heterocycles. The average Bonchev–Trinajstić information content (AvgIpc) is 2.13. The highest BCUT2D eigenvalue weighted by molar-refractivity contribution is 7.89. The monoisotopic (exact) mass is 282 g/mol. The number of rotatable bonds is 8. The van der Waals surface area contributed by atoms with Gasteiger partial charge in [0.25, 0.3) is 0 Å². The Bertz CT molecular complexity index is 367. The standard InChI is InChI=1S/C9H18N2O4S2/c1-3-15-9(12)4-5-17(13,14)11-7(2)6-8(10)16/h7,11H,3-6H2,1-2H3,(H2,10,16). The molecule has 0 saturated heterocycles. The van der Waals surface area contributed by atoms with E-state index in [-0.39, 0.29) is 36.2 Å². The van der Waals surface area contributed by atoms with Gasteiger partial charge >= 0.3 is 5.97 Å². The quantitative estimate of drug-likeness (QED) is 0.477. The Morgan fingerprint density at radius 1 is 1.53 bits per heavy atom. The van der Waals surface area contributed by atoms with Crippen molar-refractivity contribution in [1.82, 2.24) is 4.72 Å². The summed E-state index contributed by atoms with van der Waals surface area (Å²) in [6.07, 6.45) is 0.122. The largest absolute Gasteiger partial charge is 0.466 e. The molecular formula is C9H18N2O4S2. The SMILES string of the molecule is CCOC(=O)CCS(=O)(=O)NC(C)CC(N)=S. The molecule has 0 radical (unpaired) electrons. The van der Waals surface area contributed by atoms with Gasteiger partial charge in [-0.1, -0.05) is 12.2 Å². The number of nitrogens with one attached hydrogen (secondary N) is 1. The number of ether oxygens (including phenoxy) is 1. The van der Waals surface area contributed by atoms with Crippen molar-refractivity contribution in [3.05, 3.63) is 0 Å². The van der Waals surface area contributed by atoms with Crippen LogP contribution in [0, 0.1) is 0 Å². The van der Waals surface area contributed by atoms with Gasteiger partial charge in [0.15, 0.2) is 0 Å². The first kappa shape index (κ1) is 16.3. The van der Waals surface area contributed by atoms with Crippen LogP contribution in [-0.2, 0) is 19.6 Å². The van der Waals surface area contributed by atoms with E-state index < -0.39 is 16.0 Å². The molecule has 1 unspecified atom stereocenters. The average molecular weight is 282 g/mol. The first-order valence-electron chi connectivity index (χ1n) is 5.20. The molecule has 6 nitrogen and oxygen atoms in total. The van der Waals surface area contributed by atoms with Crippen LogP contribution in [0.25, 0.3) is 0 Å². The lowest BCUT2D eigenvalue weighted by atomic mass is 10.3. The zero-order valence-corrected chi connectivity index (χ0v) is 11.6. The topological polar surface area (TPSA) is 98.5 Å². The van der Waals surface area contributed by atoms with Crippen molar-refractivity contribution in [2.45, 2.75) is 32.7 Å². The molecule has 0 aromatic carbocycles. The minimum Gasteiger partial charge on any atom is -0.466 e. The smallest absolute Gasteiger partial charge is 0.306 e. The van der Waals surface area contributed by atoms with Crippen LogP contribution in [0.1, 0.15) is 26.7 Å². The van der Waals surface area contributed by atoms with Gasteiger partial charge in [-0.25, -0.2) is 13.1 Å². The summed E-state index contributed by atoms with van der Waals surface area (Å²) in [6.45, 7) is 3.56. The molecule has 0 saturated carbocycles. The van der Waals surface area contributed by atoms with Crippen molar-refractivity contribution >= 4 is 33.2 Å². The fourth-order valence-corrected chi connectivity index (χ4v) is 2.66. The van der Waals surface area contributed by atoms with Crippen LogP contribution in [0.15, 0.2) is 0 Å². The van der Waals surface area contributed by atoms with Crippen molar-refractivity contribution in [3.8, 4) is 0 Å². The Kier molecular flexibility index (Phi) is 7.24. The van der Waals surface area contributed by atoms with E-state index in [0.29, 0.717) is 0 Å². The van der Waals surface area contributed by atoms with Gasteiger partial charge in [0, 0.05) is 12.5 Å². The third-order valence-electron chi connectivity index (χ3n) is 1.77. The summed E-state index contributed by atoms with van der Waals surface area (Å²) in [5, 5.41) is 0. The van der Waals surface area contributed by atoms with E-state index in [1.54, 1.807) is 13.8 Å². The van der Waals surface area contributed by atoms with Crippen molar-refractivity contribution in [2.75, 3.05) is 12.4 Å². The molecule has 0 heterocycles. The van der Waals surface area contributed by atoms with Gasteiger partial charge in [-0.3, -0.25) is 4.79 Å². The Labute approximate surface area is 107 Å². The molecule has 0 rings (SSSR count). The Morgan fingerprint density at radius 3 is 2.59 bits per heavy atom. The van der Waals surface area contributed by atoms with Crippen LogP contribution in [-0.4, -0.2) is 37.8 Å². The van der Waals surface area contributed by atoms with Crippen LogP contribution in [0.3, 0.4) is 0 Å². The van der Waals surface area contributed by atoms with Crippen molar-refractivity contribution < 1.29 is 17.9 Å². The molecule has 0 aromatic rings. The maximum atomic E-state index is 11.5. The van der Waals surface area contributed by atoms with Crippen molar-refractivity contribution in [3.63, 3.8) is 0 Å². The van der Waals surface area contributed by atoms with Crippen LogP contribution in [0.5, 0.6) is 0 Å². The lowest BCUT2D eigenvalue weighted by Gasteiger charge is -2.13. The number of carbonyl (C=O) groups is 1. The third-order valence-corrected chi connectivity index (χ3v) is 3.44. The van der Waals surface area contributed by atoms with Crippen molar-refractivity contribution in [2.24, 2.45) is 5.73 Å². The summed E-state index contributed by atoms with van der Waals surface area (Å²) in [5.41, 5.74) is 5.30. The number of carbonyl (C=O) groups excluding carboxylic acids is 1. The Balaban J connectivity index is 4.12. The molecule has 100 valence electrons. The number of hydrogen-bond acceptors (Lipinski definition) is 5. The number of sulfonamides is 1. The Morgan fingerprint density at radius 2 is 2.12 bits per heavy atom. The van der Waals surface area contributed by atoms with Gasteiger partial charge in [0.05, 0.1) is 23.8 Å². The summed E-state index contributed by atoms with van der Waals surface area (Å²) in [7, 11) is -3.51. The van der Waals surface area contributed by atoms with Crippen LogP contribution in [0.4, 0.5) is 0 Å². The summed E-state index contributed by atoms with van der Waals surface area (Å²) in [5.74, 6) is -0.826. The van der Waals surface area contributed by atoms with Gasteiger partial charge in [-0.2, -0.15) is 0 Å². The molecule has 0 aliphatic carbocycles. The molecule has 0 aliphatic rings. The zero-order valence-electron chi connectivity index (χ0n) is 9.93. The number of esters is 1. The van der Waals surface area contributed by atoms with Crippen LogP contribution >= 0.6 is 12.2 Å². The molecule has 0 aromatic heterocycles. The van der Waals surface area contributed by atoms with E-state index >= 15 is 0 Å².